The van der Waals surface area contributed by atoms with E-state index in [9.17, 15) is 0 Å². The Kier molecular flexibility index (Phi) is 5.64. The van der Waals surface area contributed by atoms with Crippen LogP contribution in [0.4, 0.5) is 0 Å². The third-order valence-corrected chi connectivity index (χ3v) is 7.52. The zero-order chi connectivity index (χ0) is 27.3. The molecule has 0 unspecified atom stereocenters. The van der Waals surface area contributed by atoms with Gasteiger partial charge in [-0.2, -0.15) is 0 Å². The van der Waals surface area contributed by atoms with Gasteiger partial charge in [0.15, 0.2) is 0 Å². The SMILES string of the molecule is CC(C)(C)c1cc2ccc(-c3cccc(-c4ccccn4)c3)nc2n1-c1[nH]c(-c2ccccc2)c2ccccc12. The molecule has 0 bridgehead atoms. The summed E-state index contributed by atoms with van der Waals surface area (Å²) in [5.41, 5.74) is 8.37. The van der Waals surface area contributed by atoms with Crippen molar-refractivity contribution in [3.05, 3.63) is 127 Å². The normalized spacial score (nSPS) is 11.9. The molecule has 40 heavy (non-hydrogen) atoms. The van der Waals surface area contributed by atoms with Crippen LogP contribution >= 0.6 is 0 Å². The Balaban J connectivity index is 1.47. The van der Waals surface area contributed by atoms with Crippen LogP contribution in [0.25, 0.3) is 61.4 Å². The number of pyridine rings is 2. The molecule has 4 heteroatoms. The number of hydrogen-bond donors (Lipinski definition) is 1. The van der Waals surface area contributed by atoms with E-state index in [1.54, 1.807) is 0 Å². The van der Waals surface area contributed by atoms with E-state index in [1.807, 2.05) is 24.4 Å². The lowest BCUT2D eigenvalue weighted by atomic mass is 9.92. The van der Waals surface area contributed by atoms with Gasteiger partial charge in [-0.25, -0.2) is 4.98 Å². The smallest absolute Gasteiger partial charge is 0.146 e. The first-order valence-electron chi connectivity index (χ1n) is 13.7. The summed E-state index contributed by atoms with van der Waals surface area (Å²) in [5, 5.41) is 3.49. The lowest BCUT2D eigenvalue weighted by Gasteiger charge is -2.21. The molecule has 0 saturated carbocycles. The highest BCUT2D eigenvalue weighted by atomic mass is 15.1. The highest BCUT2D eigenvalue weighted by molar-refractivity contribution is 6.02. The van der Waals surface area contributed by atoms with Crippen LogP contribution in [0.3, 0.4) is 0 Å². The zero-order valence-electron chi connectivity index (χ0n) is 22.9. The molecule has 7 aromatic rings. The van der Waals surface area contributed by atoms with Crippen molar-refractivity contribution in [2.24, 2.45) is 0 Å². The first-order valence-corrected chi connectivity index (χ1v) is 13.7. The van der Waals surface area contributed by atoms with Crippen molar-refractivity contribution in [1.29, 1.82) is 0 Å². The first-order chi connectivity index (χ1) is 19.5. The minimum Gasteiger partial charge on any atom is -0.340 e. The largest absolute Gasteiger partial charge is 0.340 e. The number of nitrogens with zero attached hydrogens (tertiary/aromatic N) is 3. The molecule has 0 saturated heterocycles. The molecular formula is C36H30N4. The quantitative estimate of drug-likeness (QED) is 0.252. The predicted molar refractivity (Wildman–Crippen MR) is 166 cm³/mol. The highest BCUT2D eigenvalue weighted by Crippen LogP contribution is 2.38. The summed E-state index contributed by atoms with van der Waals surface area (Å²) in [6.45, 7) is 6.79. The Hall–Kier alpha value is -4.96. The van der Waals surface area contributed by atoms with Gasteiger partial charge in [0.1, 0.15) is 11.5 Å². The van der Waals surface area contributed by atoms with Crippen molar-refractivity contribution in [3.8, 4) is 39.6 Å². The zero-order valence-corrected chi connectivity index (χ0v) is 22.9. The number of aromatic amines is 1. The molecule has 4 heterocycles. The van der Waals surface area contributed by atoms with Crippen LogP contribution in [-0.4, -0.2) is 19.5 Å². The van der Waals surface area contributed by atoms with Crippen LogP contribution in [0, 0.1) is 0 Å². The topological polar surface area (TPSA) is 46.5 Å². The maximum atomic E-state index is 5.30. The molecule has 3 aromatic carbocycles. The lowest BCUT2D eigenvalue weighted by molar-refractivity contribution is 0.558. The second-order valence-electron chi connectivity index (χ2n) is 11.3. The Bertz CT molecular complexity index is 1970. The average Bonchev–Trinajstić information content (AvgIpc) is 3.57. The molecule has 0 aliphatic rings. The third-order valence-electron chi connectivity index (χ3n) is 7.52. The fourth-order valence-electron chi connectivity index (χ4n) is 5.56. The monoisotopic (exact) mass is 518 g/mol. The van der Waals surface area contributed by atoms with Gasteiger partial charge in [-0.15, -0.1) is 0 Å². The van der Waals surface area contributed by atoms with Crippen molar-refractivity contribution in [2.75, 3.05) is 0 Å². The molecule has 4 aromatic heterocycles. The van der Waals surface area contributed by atoms with E-state index in [4.69, 9.17) is 4.98 Å². The molecule has 0 aliphatic carbocycles. The Labute approximate surface area is 234 Å². The van der Waals surface area contributed by atoms with E-state index in [2.05, 4.69) is 132 Å². The molecule has 194 valence electrons. The molecule has 4 nitrogen and oxygen atoms in total. The van der Waals surface area contributed by atoms with Gasteiger partial charge in [-0.1, -0.05) is 99.6 Å². The standard InChI is InChI=1S/C36H30N4/c1-36(2,3)32-23-27-19-20-31(26-15-11-14-25(22-26)30-18-9-10-21-37-30)38-34(27)40(32)35-29-17-8-7-16-28(29)33(39-35)24-12-5-4-6-13-24/h4-23,39H,1-3H3. The van der Waals surface area contributed by atoms with Crippen molar-refractivity contribution in [1.82, 2.24) is 19.5 Å². The molecule has 0 fully saturated rings. The summed E-state index contributed by atoms with van der Waals surface area (Å²) in [4.78, 5) is 13.7. The maximum Gasteiger partial charge on any atom is 0.146 e. The lowest BCUT2D eigenvalue weighted by Crippen LogP contribution is -2.17. The Morgan fingerprint density at radius 2 is 1.32 bits per heavy atom. The first kappa shape index (κ1) is 24.1. The van der Waals surface area contributed by atoms with Crippen LogP contribution < -0.4 is 0 Å². The van der Waals surface area contributed by atoms with Gasteiger partial charge >= 0.3 is 0 Å². The number of benzene rings is 3. The second kappa shape index (κ2) is 9.35. The number of nitrogens with one attached hydrogen (secondary N) is 1. The van der Waals surface area contributed by atoms with Crippen molar-refractivity contribution in [3.63, 3.8) is 0 Å². The fraction of sp³-hybridized carbons (Fsp3) is 0.111. The van der Waals surface area contributed by atoms with Gasteiger partial charge in [-0.3, -0.25) is 9.55 Å². The van der Waals surface area contributed by atoms with Crippen LogP contribution in [0.15, 0.2) is 121 Å². The number of aromatic nitrogens is 4. The van der Waals surface area contributed by atoms with E-state index in [1.165, 1.54) is 22.0 Å². The van der Waals surface area contributed by atoms with Crippen molar-refractivity contribution in [2.45, 2.75) is 26.2 Å². The second-order valence-corrected chi connectivity index (χ2v) is 11.3. The Morgan fingerprint density at radius 3 is 2.08 bits per heavy atom. The van der Waals surface area contributed by atoms with Gasteiger partial charge in [0.05, 0.1) is 17.1 Å². The summed E-state index contributed by atoms with van der Waals surface area (Å²) in [6.07, 6.45) is 1.83. The predicted octanol–water partition coefficient (Wildman–Crippen LogP) is 9.20. The molecule has 7 rings (SSSR count). The molecule has 0 spiro atoms. The highest BCUT2D eigenvalue weighted by Gasteiger charge is 2.25. The van der Waals surface area contributed by atoms with Gasteiger partial charge in [0, 0.05) is 44.6 Å². The summed E-state index contributed by atoms with van der Waals surface area (Å²) < 4.78 is 2.33. The average molecular weight is 519 g/mol. The molecule has 0 atom stereocenters. The van der Waals surface area contributed by atoms with Crippen LogP contribution in [0.5, 0.6) is 0 Å². The van der Waals surface area contributed by atoms with Gasteiger partial charge in [0.25, 0.3) is 0 Å². The third kappa shape index (κ3) is 4.09. The van der Waals surface area contributed by atoms with Crippen LogP contribution in [0.2, 0.25) is 0 Å². The molecular weight excluding hydrogens is 488 g/mol. The molecule has 0 radical (unpaired) electrons. The van der Waals surface area contributed by atoms with E-state index in [0.717, 1.165) is 45.1 Å². The number of H-pyrrole nitrogens is 1. The molecule has 1 N–H and O–H groups in total. The van der Waals surface area contributed by atoms with E-state index in [-0.39, 0.29) is 5.41 Å². The molecule has 0 amide bonds. The minimum atomic E-state index is -0.0983. The summed E-state index contributed by atoms with van der Waals surface area (Å²) in [7, 11) is 0. The van der Waals surface area contributed by atoms with E-state index >= 15 is 0 Å². The van der Waals surface area contributed by atoms with Crippen LogP contribution in [-0.2, 0) is 5.41 Å². The van der Waals surface area contributed by atoms with Crippen molar-refractivity contribution >= 4 is 21.8 Å². The molecule has 0 aliphatic heterocycles. The maximum absolute atomic E-state index is 5.30. The van der Waals surface area contributed by atoms with Crippen molar-refractivity contribution < 1.29 is 0 Å². The Morgan fingerprint density at radius 1 is 0.625 bits per heavy atom. The number of hydrogen-bond acceptors (Lipinski definition) is 2. The minimum absolute atomic E-state index is 0.0983. The number of rotatable bonds is 4. The van der Waals surface area contributed by atoms with Gasteiger partial charge < -0.3 is 4.98 Å². The summed E-state index contributed by atoms with van der Waals surface area (Å²) >= 11 is 0. The number of fused-ring (bicyclic) bond motifs is 2. The van der Waals surface area contributed by atoms with Gasteiger partial charge in [0.2, 0.25) is 0 Å². The fourth-order valence-corrected chi connectivity index (χ4v) is 5.56. The summed E-state index contributed by atoms with van der Waals surface area (Å²) in [6, 6.07) is 40.2. The summed E-state index contributed by atoms with van der Waals surface area (Å²) in [5.74, 6) is 1.04. The van der Waals surface area contributed by atoms with Gasteiger partial charge in [-0.05, 0) is 42.0 Å². The van der Waals surface area contributed by atoms with E-state index in [0.29, 0.717) is 0 Å². The van der Waals surface area contributed by atoms with Crippen LogP contribution in [0.1, 0.15) is 26.5 Å². The van der Waals surface area contributed by atoms with E-state index < -0.39 is 0 Å².